The van der Waals surface area contributed by atoms with Crippen LogP contribution in [0.2, 0.25) is 0 Å². The van der Waals surface area contributed by atoms with Gasteiger partial charge in [-0.2, -0.15) is 0 Å². The summed E-state index contributed by atoms with van der Waals surface area (Å²) in [5.41, 5.74) is 1.00. The lowest BCUT2D eigenvalue weighted by Crippen LogP contribution is -1.93. The van der Waals surface area contributed by atoms with Crippen molar-refractivity contribution in [2.45, 2.75) is 69.2 Å². The number of benzene rings is 1. The van der Waals surface area contributed by atoms with Crippen LogP contribution in [0.1, 0.15) is 69.2 Å². The van der Waals surface area contributed by atoms with Crippen molar-refractivity contribution in [2.24, 2.45) is 10.8 Å². The first-order chi connectivity index (χ1) is 8.00. The summed E-state index contributed by atoms with van der Waals surface area (Å²) in [6.45, 7) is 21.5. The van der Waals surface area contributed by atoms with E-state index in [-0.39, 0.29) is 0 Å². The first-order valence-corrected chi connectivity index (χ1v) is 7.00. The van der Waals surface area contributed by atoms with Crippen LogP contribution in [0.5, 0.6) is 0 Å². The van der Waals surface area contributed by atoms with E-state index >= 15 is 0 Å². The van der Waals surface area contributed by atoms with Gasteiger partial charge in [-0.05, 0) is 10.8 Å². The van der Waals surface area contributed by atoms with E-state index in [0.717, 1.165) is 0 Å². The molecule has 0 heteroatoms. The Bertz CT molecular complexity index is 170. The molecule has 0 bridgehead atoms. The zero-order valence-electron chi connectivity index (χ0n) is 14.5. The van der Waals surface area contributed by atoms with E-state index in [9.17, 15) is 0 Å². The molecule has 0 heterocycles. The zero-order valence-corrected chi connectivity index (χ0v) is 14.5. The Kier molecular flexibility index (Phi) is 15.8. The van der Waals surface area contributed by atoms with E-state index in [2.05, 4.69) is 55.4 Å². The van der Waals surface area contributed by atoms with Crippen molar-refractivity contribution in [2.75, 3.05) is 0 Å². The highest BCUT2D eigenvalue weighted by atomic mass is 14.0. The molecule has 0 saturated heterocycles. The standard InChI is InChI=1S/C6H6.2C5H12.C2H6/c1-2-4-6-5-3-1;2*1-5(2,3)4;1-2/h1-6H;2*1-4H3;1-2H3. The van der Waals surface area contributed by atoms with Crippen LogP contribution in [-0.4, -0.2) is 0 Å². The van der Waals surface area contributed by atoms with Crippen LogP contribution in [-0.2, 0) is 0 Å². The highest BCUT2D eigenvalue weighted by Crippen LogP contribution is 2.08. The predicted molar refractivity (Wildman–Crippen MR) is 88.0 cm³/mol. The molecule has 0 saturated carbocycles. The van der Waals surface area contributed by atoms with Crippen LogP contribution >= 0.6 is 0 Å². The Morgan fingerprint density at radius 2 is 0.444 bits per heavy atom. The van der Waals surface area contributed by atoms with Crippen LogP contribution < -0.4 is 0 Å². The molecule has 0 aliphatic heterocycles. The van der Waals surface area contributed by atoms with Crippen LogP contribution in [0.3, 0.4) is 0 Å². The molecule has 0 unspecified atom stereocenters. The Morgan fingerprint density at radius 1 is 0.389 bits per heavy atom. The minimum atomic E-state index is 0.500. The van der Waals surface area contributed by atoms with Gasteiger partial charge >= 0.3 is 0 Å². The number of rotatable bonds is 0. The quantitative estimate of drug-likeness (QED) is 0.475. The molecular formula is C18H36. The molecule has 1 aromatic rings. The van der Waals surface area contributed by atoms with Gasteiger partial charge in [0.05, 0.1) is 0 Å². The summed E-state index contributed by atoms with van der Waals surface area (Å²) in [6, 6.07) is 12.0. The van der Waals surface area contributed by atoms with Gasteiger partial charge in [0.1, 0.15) is 0 Å². The van der Waals surface area contributed by atoms with Crippen molar-refractivity contribution in [3.8, 4) is 0 Å². The maximum atomic E-state index is 2.19. The van der Waals surface area contributed by atoms with Gasteiger partial charge in [0.15, 0.2) is 0 Å². The van der Waals surface area contributed by atoms with Gasteiger partial charge in [0.2, 0.25) is 0 Å². The molecule has 0 atom stereocenters. The lowest BCUT2D eigenvalue weighted by Gasteiger charge is -2.05. The third-order valence-corrected chi connectivity index (χ3v) is 0.667. The maximum Gasteiger partial charge on any atom is -0.0411 e. The smallest absolute Gasteiger partial charge is 0.0411 e. The van der Waals surface area contributed by atoms with E-state index in [0.29, 0.717) is 10.8 Å². The van der Waals surface area contributed by atoms with E-state index in [1.807, 2.05) is 50.2 Å². The van der Waals surface area contributed by atoms with Gasteiger partial charge in [0, 0.05) is 0 Å². The Hall–Kier alpha value is -0.780. The molecular weight excluding hydrogens is 216 g/mol. The lowest BCUT2D eigenvalue weighted by atomic mass is 10.0. The summed E-state index contributed by atoms with van der Waals surface area (Å²) in [5.74, 6) is 0. The topological polar surface area (TPSA) is 0 Å². The second-order valence-corrected chi connectivity index (χ2v) is 7.15. The molecule has 0 radical (unpaired) electrons. The van der Waals surface area contributed by atoms with Crippen LogP contribution in [0.4, 0.5) is 0 Å². The molecule has 0 spiro atoms. The summed E-state index contributed by atoms with van der Waals surface area (Å²) in [7, 11) is 0. The molecule has 0 nitrogen and oxygen atoms in total. The average Bonchev–Trinajstić information content (AvgIpc) is 2.18. The van der Waals surface area contributed by atoms with Gasteiger partial charge in [-0.25, -0.2) is 0 Å². The molecule has 0 fully saturated rings. The first-order valence-electron chi connectivity index (χ1n) is 7.00. The molecule has 0 amide bonds. The molecule has 18 heavy (non-hydrogen) atoms. The minimum absolute atomic E-state index is 0.500. The SMILES string of the molecule is CC.CC(C)(C)C.CC(C)(C)C.c1ccccc1. The summed E-state index contributed by atoms with van der Waals surface area (Å²) < 4.78 is 0. The lowest BCUT2D eigenvalue weighted by molar-refractivity contribution is 0.469. The molecule has 0 aliphatic rings. The van der Waals surface area contributed by atoms with Crippen LogP contribution in [0, 0.1) is 10.8 Å². The average molecular weight is 252 g/mol. The number of hydrogen-bond donors (Lipinski definition) is 0. The second kappa shape index (κ2) is 12.7. The van der Waals surface area contributed by atoms with E-state index in [4.69, 9.17) is 0 Å². The van der Waals surface area contributed by atoms with E-state index < -0.39 is 0 Å². The molecule has 1 aromatic carbocycles. The van der Waals surface area contributed by atoms with Crippen molar-refractivity contribution in [3.63, 3.8) is 0 Å². The maximum absolute atomic E-state index is 2.19. The fourth-order valence-electron chi connectivity index (χ4n) is 0.385. The third-order valence-electron chi connectivity index (χ3n) is 0.667. The van der Waals surface area contributed by atoms with Gasteiger partial charge in [-0.1, -0.05) is 106 Å². The van der Waals surface area contributed by atoms with E-state index in [1.54, 1.807) is 0 Å². The van der Waals surface area contributed by atoms with Crippen molar-refractivity contribution < 1.29 is 0 Å². The van der Waals surface area contributed by atoms with E-state index in [1.165, 1.54) is 0 Å². The Labute approximate surface area is 117 Å². The highest BCUT2D eigenvalue weighted by molar-refractivity contribution is 4.99. The summed E-state index contributed by atoms with van der Waals surface area (Å²) in [5, 5.41) is 0. The fourth-order valence-corrected chi connectivity index (χ4v) is 0.385. The molecule has 108 valence electrons. The van der Waals surface area contributed by atoms with Crippen molar-refractivity contribution >= 4 is 0 Å². The van der Waals surface area contributed by atoms with Crippen molar-refractivity contribution in [1.82, 2.24) is 0 Å². The molecule has 1 rings (SSSR count). The summed E-state index contributed by atoms with van der Waals surface area (Å²) >= 11 is 0. The predicted octanol–water partition coefficient (Wildman–Crippen LogP) is 6.82. The zero-order chi connectivity index (χ0) is 15.2. The molecule has 0 aromatic heterocycles. The Morgan fingerprint density at radius 3 is 0.500 bits per heavy atom. The molecule has 0 aliphatic carbocycles. The van der Waals surface area contributed by atoms with Crippen LogP contribution in [0.15, 0.2) is 36.4 Å². The highest BCUT2D eigenvalue weighted by Gasteiger charge is 1.96. The van der Waals surface area contributed by atoms with Gasteiger partial charge in [-0.15, -0.1) is 0 Å². The van der Waals surface area contributed by atoms with Crippen molar-refractivity contribution in [1.29, 1.82) is 0 Å². The summed E-state index contributed by atoms with van der Waals surface area (Å²) in [6.07, 6.45) is 0. The Balaban J connectivity index is -0.000000177. The van der Waals surface area contributed by atoms with Gasteiger partial charge < -0.3 is 0 Å². The fraction of sp³-hybridized carbons (Fsp3) is 0.667. The van der Waals surface area contributed by atoms with Crippen molar-refractivity contribution in [3.05, 3.63) is 36.4 Å². The third kappa shape index (κ3) is 113. The van der Waals surface area contributed by atoms with Crippen LogP contribution in [0.25, 0.3) is 0 Å². The van der Waals surface area contributed by atoms with Gasteiger partial charge in [0.25, 0.3) is 0 Å². The minimum Gasteiger partial charge on any atom is -0.0683 e. The monoisotopic (exact) mass is 252 g/mol. The van der Waals surface area contributed by atoms with Gasteiger partial charge in [-0.3, -0.25) is 0 Å². The normalized spacial score (nSPS) is 9.67. The largest absolute Gasteiger partial charge is 0.0683 e. The second-order valence-electron chi connectivity index (χ2n) is 7.15. The first kappa shape index (κ1) is 22.4. The molecule has 0 N–H and O–H groups in total. The number of hydrogen-bond acceptors (Lipinski definition) is 0. The summed E-state index contributed by atoms with van der Waals surface area (Å²) in [4.78, 5) is 0.